The number of primary sulfonamides is 1. The van der Waals surface area contributed by atoms with E-state index in [1.54, 1.807) is 0 Å². The highest BCUT2D eigenvalue weighted by molar-refractivity contribution is 7.89. The highest BCUT2D eigenvalue weighted by Crippen LogP contribution is 1.97. The van der Waals surface area contributed by atoms with Gasteiger partial charge in [-0.2, -0.15) is 0 Å². The quantitative estimate of drug-likeness (QED) is 0.695. The van der Waals surface area contributed by atoms with Crippen LogP contribution in [0.2, 0.25) is 0 Å². The number of hydrogen-bond acceptors (Lipinski definition) is 3. The molecule has 0 spiro atoms. The van der Waals surface area contributed by atoms with Crippen molar-refractivity contribution in [1.82, 2.24) is 5.32 Å². The molecular weight excluding hydrogens is 212 g/mol. The summed E-state index contributed by atoms with van der Waals surface area (Å²) in [4.78, 5) is 0. The molecule has 0 aliphatic rings. The minimum absolute atomic E-state index is 0.0365. The van der Waals surface area contributed by atoms with Gasteiger partial charge in [-0.15, -0.1) is 0 Å². The molecule has 0 atom stereocenters. The first-order valence-corrected chi connectivity index (χ1v) is 6.54. The molecular formula is C10H16N2O2S. The molecule has 0 aromatic heterocycles. The van der Waals surface area contributed by atoms with Gasteiger partial charge in [0.1, 0.15) is 0 Å². The number of nitrogens with one attached hydrogen (secondary N) is 1. The van der Waals surface area contributed by atoms with Crippen molar-refractivity contribution in [3.05, 3.63) is 35.9 Å². The first kappa shape index (κ1) is 12.2. The van der Waals surface area contributed by atoms with Crippen LogP contribution in [0.4, 0.5) is 0 Å². The van der Waals surface area contributed by atoms with Crippen LogP contribution in [0.3, 0.4) is 0 Å². The molecule has 1 rings (SSSR count). The van der Waals surface area contributed by atoms with E-state index in [0.717, 1.165) is 6.54 Å². The van der Waals surface area contributed by atoms with Gasteiger partial charge in [0, 0.05) is 6.54 Å². The van der Waals surface area contributed by atoms with Crippen LogP contribution in [0.5, 0.6) is 0 Å². The maximum absolute atomic E-state index is 10.6. The Morgan fingerprint density at radius 3 is 2.47 bits per heavy atom. The van der Waals surface area contributed by atoms with Crippen LogP contribution in [0.1, 0.15) is 12.0 Å². The SMILES string of the molecule is NS(=O)(=O)CCCNCc1ccccc1. The summed E-state index contributed by atoms with van der Waals surface area (Å²) in [5.74, 6) is 0.0365. The van der Waals surface area contributed by atoms with Gasteiger partial charge in [-0.25, -0.2) is 13.6 Å². The van der Waals surface area contributed by atoms with Crippen LogP contribution in [-0.2, 0) is 16.6 Å². The van der Waals surface area contributed by atoms with E-state index < -0.39 is 10.0 Å². The Kier molecular flexibility index (Phi) is 4.74. The Balaban J connectivity index is 2.13. The van der Waals surface area contributed by atoms with Crippen molar-refractivity contribution < 1.29 is 8.42 Å². The summed E-state index contributed by atoms with van der Waals surface area (Å²) in [6.07, 6.45) is 0.547. The van der Waals surface area contributed by atoms with Gasteiger partial charge >= 0.3 is 0 Å². The van der Waals surface area contributed by atoms with Crippen LogP contribution in [0.15, 0.2) is 30.3 Å². The molecule has 0 unspecified atom stereocenters. The highest BCUT2D eigenvalue weighted by Gasteiger charge is 2.00. The first-order chi connectivity index (χ1) is 7.08. The fourth-order valence-corrected chi connectivity index (χ4v) is 1.77. The van der Waals surface area contributed by atoms with Gasteiger partial charge in [-0.3, -0.25) is 0 Å². The Morgan fingerprint density at radius 1 is 1.20 bits per heavy atom. The third-order valence-corrected chi connectivity index (χ3v) is 2.81. The summed E-state index contributed by atoms with van der Waals surface area (Å²) >= 11 is 0. The summed E-state index contributed by atoms with van der Waals surface area (Å²) in [6.45, 7) is 1.41. The topological polar surface area (TPSA) is 72.2 Å². The van der Waals surface area contributed by atoms with Crippen molar-refractivity contribution in [2.45, 2.75) is 13.0 Å². The lowest BCUT2D eigenvalue weighted by Crippen LogP contribution is -2.21. The lowest BCUT2D eigenvalue weighted by molar-refractivity contribution is 0.590. The van der Waals surface area contributed by atoms with Gasteiger partial charge in [0.15, 0.2) is 0 Å². The van der Waals surface area contributed by atoms with Gasteiger partial charge in [0.05, 0.1) is 5.75 Å². The molecule has 0 fully saturated rings. The Hall–Kier alpha value is -0.910. The third-order valence-electron chi connectivity index (χ3n) is 1.95. The van der Waals surface area contributed by atoms with E-state index in [9.17, 15) is 8.42 Å². The van der Waals surface area contributed by atoms with E-state index >= 15 is 0 Å². The summed E-state index contributed by atoms with van der Waals surface area (Å²) in [5.41, 5.74) is 1.19. The van der Waals surface area contributed by atoms with E-state index in [1.165, 1.54) is 5.56 Å². The fourth-order valence-electron chi connectivity index (χ4n) is 1.23. The molecule has 15 heavy (non-hydrogen) atoms. The van der Waals surface area contributed by atoms with Gasteiger partial charge in [0.25, 0.3) is 0 Å². The van der Waals surface area contributed by atoms with Gasteiger partial charge in [-0.05, 0) is 18.5 Å². The molecule has 5 heteroatoms. The molecule has 0 saturated carbocycles. The minimum atomic E-state index is -3.31. The average Bonchev–Trinajstić information content (AvgIpc) is 2.17. The van der Waals surface area contributed by atoms with Crippen LogP contribution >= 0.6 is 0 Å². The zero-order valence-electron chi connectivity index (χ0n) is 8.52. The van der Waals surface area contributed by atoms with Crippen molar-refractivity contribution in [2.24, 2.45) is 5.14 Å². The lowest BCUT2D eigenvalue weighted by atomic mass is 10.2. The molecule has 4 nitrogen and oxygen atoms in total. The molecule has 0 heterocycles. The molecule has 84 valence electrons. The fraction of sp³-hybridized carbons (Fsp3) is 0.400. The maximum atomic E-state index is 10.6. The first-order valence-electron chi connectivity index (χ1n) is 4.83. The summed E-state index contributed by atoms with van der Waals surface area (Å²) in [7, 11) is -3.31. The van der Waals surface area contributed by atoms with E-state index in [2.05, 4.69) is 5.32 Å². The van der Waals surface area contributed by atoms with Crippen molar-refractivity contribution in [3.63, 3.8) is 0 Å². The second-order valence-corrected chi connectivity index (χ2v) is 5.12. The molecule has 1 aromatic carbocycles. The molecule has 0 saturated heterocycles. The van der Waals surface area contributed by atoms with Crippen molar-refractivity contribution in [3.8, 4) is 0 Å². The zero-order valence-corrected chi connectivity index (χ0v) is 9.33. The second kappa shape index (κ2) is 5.85. The van der Waals surface area contributed by atoms with Crippen LogP contribution < -0.4 is 10.5 Å². The van der Waals surface area contributed by atoms with E-state index in [-0.39, 0.29) is 5.75 Å². The average molecular weight is 228 g/mol. The van der Waals surface area contributed by atoms with Crippen molar-refractivity contribution in [2.75, 3.05) is 12.3 Å². The Morgan fingerprint density at radius 2 is 1.87 bits per heavy atom. The number of hydrogen-bond donors (Lipinski definition) is 2. The van der Waals surface area contributed by atoms with Gasteiger partial charge in [0.2, 0.25) is 10.0 Å². The predicted molar refractivity (Wildman–Crippen MR) is 60.7 cm³/mol. The standard InChI is InChI=1S/C10H16N2O2S/c11-15(13,14)8-4-7-12-9-10-5-2-1-3-6-10/h1-3,5-6,12H,4,7-9H2,(H2,11,13,14). The minimum Gasteiger partial charge on any atom is -0.313 e. The lowest BCUT2D eigenvalue weighted by Gasteiger charge is -2.03. The predicted octanol–water partition coefficient (Wildman–Crippen LogP) is 0.455. The smallest absolute Gasteiger partial charge is 0.209 e. The van der Waals surface area contributed by atoms with Gasteiger partial charge < -0.3 is 5.32 Å². The molecule has 0 radical (unpaired) electrons. The van der Waals surface area contributed by atoms with Crippen LogP contribution in [0.25, 0.3) is 0 Å². The Bertz CT molecular complexity index is 376. The normalized spacial score (nSPS) is 11.5. The molecule has 0 aliphatic carbocycles. The molecule has 0 bridgehead atoms. The molecule has 0 aliphatic heterocycles. The Labute approximate surface area is 90.5 Å². The number of nitrogens with two attached hydrogens (primary N) is 1. The largest absolute Gasteiger partial charge is 0.313 e. The second-order valence-electron chi connectivity index (χ2n) is 3.38. The number of sulfonamides is 1. The molecule has 3 N–H and O–H groups in total. The zero-order chi connectivity index (χ0) is 11.1. The van der Waals surface area contributed by atoms with Gasteiger partial charge in [-0.1, -0.05) is 30.3 Å². The van der Waals surface area contributed by atoms with E-state index in [4.69, 9.17) is 5.14 Å². The van der Waals surface area contributed by atoms with Crippen molar-refractivity contribution >= 4 is 10.0 Å². The summed E-state index contributed by atoms with van der Waals surface area (Å²) < 4.78 is 21.2. The monoisotopic (exact) mass is 228 g/mol. The van der Waals surface area contributed by atoms with Crippen LogP contribution in [-0.4, -0.2) is 20.7 Å². The molecule has 1 aromatic rings. The summed E-state index contributed by atoms with van der Waals surface area (Å²) in [5, 5.41) is 8.03. The van der Waals surface area contributed by atoms with E-state index in [1.807, 2.05) is 30.3 Å². The van der Waals surface area contributed by atoms with Crippen molar-refractivity contribution in [1.29, 1.82) is 0 Å². The maximum Gasteiger partial charge on any atom is 0.209 e. The van der Waals surface area contributed by atoms with E-state index in [0.29, 0.717) is 13.0 Å². The molecule has 0 amide bonds. The summed E-state index contributed by atoms with van der Waals surface area (Å²) in [6, 6.07) is 9.95. The highest BCUT2D eigenvalue weighted by atomic mass is 32.2. The number of rotatable bonds is 6. The third kappa shape index (κ3) is 6.22. The number of benzene rings is 1. The van der Waals surface area contributed by atoms with Crippen LogP contribution in [0, 0.1) is 0 Å².